The number of fused-ring (bicyclic) bond motifs is 1. The monoisotopic (exact) mass is 297 g/mol. The minimum atomic E-state index is -4.70. The third-order valence-corrected chi connectivity index (χ3v) is 3.34. The van der Waals surface area contributed by atoms with Crippen molar-refractivity contribution in [2.75, 3.05) is 5.32 Å². The number of hydrogen-bond acceptors (Lipinski definition) is 2. The first-order valence-electron chi connectivity index (χ1n) is 6.31. The highest BCUT2D eigenvalue weighted by Crippen LogP contribution is 2.37. The molecule has 6 heteroatoms. The zero-order valence-corrected chi connectivity index (χ0v) is 10.7. The molecule has 1 unspecified atom stereocenters. The van der Waals surface area contributed by atoms with Crippen LogP contribution in [-0.2, 0) is 6.42 Å². The fraction of sp³-hybridized carbons (Fsp3) is 0.200. The largest absolute Gasteiger partial charge is 0.573 e. The van der Waals surface area contributed by atoms with Gasteiger partial charge in [0.25, 0.3) is 0 Å². The van der Waals surface area contributed by atoms with E-state index >= 15 is 0 Å². The van der Waals surface area contributed by atoms with Gasteiger partial charge in [0.2, 0.25) is 0 Å². The van der Waals surface area contributed by atoms with Crippen molar-refractivity contribution in [1.82, 2.24) is 0 Å². The second kappa shape index (κ2) is 4.95. The molecule has 0 aromatic heterocycles. The van der Waals surface area contributed by atoms with Crippen molar-refractivity contribution in [2.45, 2.75) is 18.8 Å². The topological polar surface area (TPSA) is 21.3 Å². The third-order valence-electron chi connectivity index (χ3n) is 3.34. The van der Waals surface area contributed by atoms with Gasteiger partial charge in [0.1, 0.15) is 11.6 Å². The van der Waals surface area contributed by atoms with Gasteiger partial charge >= 0.3 is 6.36 Å². The average Bonchev–Trinajstić information content (AvgIpc) is 2.80. The molecule has 0 saturated heterocycles. The molecule has 1 atom stereocenters. The predicted molar refractivity (Wildman–Crippen MR) is 69.6 cm³/mol. The Bertz CT molecular complexity index is 652. The van der Waals surface area contributed by atoms with Gasteiger partial charge in [-0.15, -0.1) is 13.2 Å². The summed E-state index contributed by atoms with van der Waals surface area (Å²) in [5.41, 5.74) is 2.39. The number of benzene rings is 2. The van der Waals surface area contributed by atoms with Crippen molar-refractivity contribution in [3.05, 3.63) is 59.4 Å². The average molecular weight is 297 g/mol. The van der Waals surface area contributed by atoms with E-state index in [1.165, 1.54) is 24.3 Å². The van der Waals surface area contributed by atoms with E-state index in [4.69, 9.17) is 0 Å². The first-order chi connectivity index (χ1) is 9.90. The molecule has 1 heterocycles. The molecule has 3 rings (SSSR count). The minimum Gasteiger partial charge on any atom is -0.406 e. The number of ether oxygens (including phenoxy) is 1. The molecule has 2 aromatic carbocycles. The molecule has 0 saturated carbocycles. The summed E-state index contributed by atoms with van der Waals surface area (Å²) in [6, 6.07) is 10.2. The standard InChI is InChI=1S/C15H11F4NO/c16-11-3-1-9(2-4-11)14-8-10-7-12(21-15(17,18)19)5-6-13(10)20-14/h1-7,14,20H,8H2. The van der Waals surface area contributed by atoms with Crippen LogP contribution in [-0.4, -0.2) is 6.36 Å². The van der Waals surface area contributed by atoms with Crippen LogP contribution >= 0.6 is 0 Å². The lowest BCUT2D eigenvalue weighted by atomic mass is 10.0. The molecule has 0 fully saturated rings. The van der Waals surface area contributed by atoms with Crippen molar-refractivity contribution < 1.29 is 22.3 Å². The summed E-state index contributed by atoms with van der Waals surface area (Å²) in [7, 11) is 0. The van der Waals surface area contributed by atoms with E-state index in [1.54, 1.807) is 18.2 Å². The summed E-state index contributed by atoms with van der Waals surface area (Å²) in [6.07, 6.45) is -4.17. The summed E-state index contributed by atoms with van der Waals surface area (Å²) in [5.74, 6) is -0.557. The van der Waals surface area contributed by atoms with E-state index in [-0.39, 0.29) is 17.6 Å². The molecular weight excluding hydrogens is 286 g/mol. The molecule has 2 aromatic rings. The molecule has 0 spiro atoms. The normalized spacial score (nSPS) is 17.2. The Hall–Kier alpha value is -2.24. The van der Waals surface area contributed by atoms with Crippen molar-refractivity contribution >= 4 is 5.69 Å². The lowest BCUT2D eigenvalue weighted by Gasteiger charge is -2.11. The maximum absolute atomic E-state index is 12.9. The van der Waals surface area contributed by atoms with Crippen LogP contribution in [0.25, 0.3) is 0 Å². The Morgan fingerprint density at radius 2 is 1.76 bits per heavy atom. The Balaban J connectivity index is 1.79. The van der Waals surface area contributed by atoms with Gasteiger partial charge in [0.05, 0.1) is 6.04 Å². The summed E-state index contributed by atoms with van der Waals surface area (Å²) in [6.45, 7) is 0. The first-order valence-corrected chi connectivity index (χ1v) is 6.31. The van der Waals surface area contributed by atoms with Gasteiger partial charge in [-0.3, -0.25) is 0 Å². The lowest BCUT2D eigenvalue weighted by Crippen LogP contribution is -2.17. The van der Waals surface area contributed by atoms with Crippen molar-refractivity contribution in [3.8, 4) is 5.75 Å². The second-order valence-corrected chi connectivity index (χ2v) is 4.82. The van der Waals surface area contributed by atoms with Gasteiger partial charge in [0, 0.05) is 5.69 Å². The zero-order chi connectivity index (χ0) is 15.0. The number of halogens is 4. The number of nitrogens with one attached hydrogen (secondary N) is 1. The number of rotatable bonds is 2. The molecule has 0 aliphatic carbocycles. The second-order valence-electron chi connectivity index (χ2n) is 4.82. The van der Waals surface area contributed by atoms with Gasteiger partial charge in [0.15, 0.2) is 0 Å². The fourth-order valence-corrected chi connectivity index (χ4v) is 2.43. The molecule has 2 nitrogen and oxygen atoms in total. The van der Waals surface area contributed by atoms with Crippen molar-refractivity contribution in [1.29, 1.82) is 0 Å². The third kappa shape index (κ3) is 3.09. The zero-order valence-electron chi connectivity index (χ0n) is 10.7. The fourth-order valence-electron chi connectivity index (χ4n) is 2.43. The first kappa shape index (κ1) is 13.7. The van der Waals surface area contributed by atoms with Gasteiger partial charge in [-0.05, 0) is 47.9 Å². The van der Waals surface area contributed by atoms with Gasteiger partial charge in [-0.2, -0.15) is 0 Å². The highest BCUT2D eigenvalue weighted by molar-refractivity contribution is 5.60. The predicted octanol–water partition coefficient (Wildman–Crippen LogP) is 4.43. The summed E-state index contributed by atoms with van der Waals surface area (Å²) in [5, 5.41) is 3.20. The minimum absolute atomic E-state index is 0.0817. The number of anilines is 1. The molecule has 1 aliphatic rings. The molecule has 1 N–H and O–H groups in total. The van der Waals surface area contributed by atoms with Crippen molar-refractivity contribution in [2.24, 2.45) is 0 Å². The van der Waals surface area contributed by atoms with E-state index in [0.717, 1.165) is 16.8 Å². The Labute approximate surface area is 118 Å². The van der Waals surface area contributed by atoms with Gasteiger partial charge in [-0.1, -0.05) is 12.1 Å². The van der Waals surface area contributed by atoms with E-state index in [2.05, 4.69) is 10.1 Å². The molecule has 21 heavy (non-hydrogen) atoms. The van der Waals surface area contributed by atoms with Gasteiger partial charge < -0.3 is 10.1 Å². The van der Waals surface area contributed by atoms with E-state index < -0.39 is 6.36 Å². The van der Waals surface area contributed by atoms with Crippen LogP contribution in [0.1, 0.15) is 17.2 Å². The molecule has 1 aliphatic heterocycles. The van der Waals surface area contributed by atoms with Crippen molar-refractivity contribution in [3.63, 3.8) is 0 Å². The van der Waals surface area contributed by atoms with E-state index in [1.807, 2.05) is 0 Å². The summed E-state index contributed by atoms with van der Waals surface area (Å²) < 4.78 is 53.4. The quantitative estimate of drug-likeness (QED) is 0.828. The molecule has 0 bridgehead atoms. The molecular formula is C15H11F4NO. The smallest absolute Gasteiger partial charge is 0.406 e. The highest BCUT2D eigenvalue weighted by Gasteiger charge is 2.32. The van der Waals surface area contributed by atoms with Crippen LogP contribution < -0.4 is 10.1 Å². The maximum Gasteiger partial charge on any atom is 0.573 e. The molecule has 110 valence electrons. The number of alkyl halides is 3. The molecule has 0 radical (unpaired) electrons. The SMILES string of the molecule is Fc1ccc(C2Cc3cc(OC(F)(F)F)ccc3N2)cc1. The van der Waals surface area contributed by atoms with Crippen LogP contribution in [0.4, 0.5) is 23.2 Å². The number of hydrogen-bond donors (Lipinski definition) is 1. The molecule has 0 amide bonds. The van der Waals surface area contributed by atoms with Crippen LogP contribution in [0.3, 0.4) is 0 Å². The summed E-state index contributed by atoms with van der Waals surface area (Å²) >= 11 is 0. The highest BCUT2D eigenvalue weighted by atomic mass is 19.4. The Kier molecular flexibility index (Phi) is 3.23. The lowest BCUT2D eigenvalue weighted by molar-refractivity contribution is -0.274. The van der Waals surface area contributed by atoms with E-state index in [0.29, 0.717) is 6.42 Å². The van der Waals surface area contributed by atoms with Crippen LogP contribution in [0.2, 0.25) is 0 Å². The van der Waals surface area contributed by atoms with E-state index in [9.17, 15) is 17.6 Å². The Morgan fingerprint density at radius 1 is 1.05 bits per heavy atom. The van der Waals surface area contributed by atoms with Crippen LogP contribution in [0.5, 0.6) is 5.75 Å². The Morgan fingerprint density at radius 3 is 2.43 bits per heavy atom. The van der Waals surface area contributed by atoms with Crippen LogP contribution in [0, 0.1) is 5.82 Å². The summed E-state index contributed by atoms with van der Waals surface area (Å²) in [4.78, 5) is 0. The maximum atomic E-state index is 12.9. The van der Waals surface area contributed by atoms with Crippen LogP contribution in [0.15, 0.2) is 42.5 Å². The van der Waals surface area contributed by atoms with Gasteiger partial charge in [-0.25, -0.2) is 4.39 Å².